The van der Waals surface area contributed by atoms with E-state index in [-0.39, 0.29) is 33.7 Å². The first-order valence-electron chi connectivity index (χ1n) is 3.85. The smallest absolute Gasteiger partial charge is 0.0992 e. The lowest BCUT2D eigenvalue weighted by atomic mass is 10.2. The summed E-state index contributed by atoms with van der Waals surface area (Å²) in [5, 5.41) is 8.25. The maximum atomic E-state index is 8.56. The number of rotatable bonds is 0. The minimum Gasteiger partial charge on any atom is -0.192 e. The van der Waals surface area contributed by atoms with Gasteiger partial charge < -0.3 is 0 Å². The molecule has 0 N–H and O–H groups in total. The van der Waals surface area contributed by atoms with Crippen LogP contribution in [0.5, 0.6) is 0 Å². The molecule has 0 amide bonds. The monoisotopic (exact) mass is 174 g/mol. The molecule has 0 heterocycles. The third-order valence-electron chi connectivity index (χ3n) is 0.836. The molecule has 1 rings (SSSR count). The fraction of sp³-hybridized carbons (Fsp3) is 0. The van der Waals surface area contributed by atoms with Crippen LogP contribution in [0.2, 0.25) is 10.0 Å². The molecule has 0 aromatic heterocycles. The normalized spacial score (nSPS) is 13.1. The second-order valence-corrected chi connectivity index (χ2v) is 2.25. The molecule has 10 heavy (non-hydrogen) atoms. The predicted molar refractivity (Wildman–Crippen MR) is 41.2 cm³/mol. The molecule has 0 aliphatic carbocycles. The third-order valence-corrected chi connectivity index (χ3v) is 1.50. The zero-order valence-corrected chi connectivity index (χ0v) is 6.22. The van der Waals surface area contributed by atoms with E-state index in [0.717, 1.165) is 0 Å². The summed E-state index contributed by atoms with van der Waals surface area (Å²) in [7, 11) is 0. The molecule has 0 unspecified atom stereocenters. The van der Waals surface area contributed by atoms with Crippen molar-refractivity contribution in [2.75, 3.05) is 0 Å². The van der Waals surface area contributed by atoms with E-state index in [1.54, 1.807) is 6.07 Å². The molecule has 1 aromatic carbocycles. The highest BCUT2D eigenvalue weighted by atomic mass is 35.5. The predicted octanol–water partition coefficient (Wildman–Crippen LogP) is 2.87. The Hall–Kier alpha value is -0.710. The average molecular weight is 175 g/mol. The highest BCUT2D eigenvalue weighted by Gasteiger charge is 1.96. The van der Waals surface area contributed by atoms with Crippen molar-refractivity contribution in [2.45, 2.75) is 0 Å². The highest BCUT2D eigenvalue weighted by Crippen LogP contribution is 2.21. The van der Waals surface area contributed by atoms with Gasteiger partial charge in [-0.05, 0) is 18.1 Å². The van der Waals surface area contributed by atoms with Crippen molar-refractivity contribution in [1.29, 1.82) is 5.26 Å². The zero-order chi connectivity index (χ0) is 10.2. The molecular formula is C7H3Cl2N. The van der Waals surface area contributed by atoms with Crippen LogP contribution in [-0.4, -0.2) is 0 Å². The van der Waals surface area contributed by atoms with Crippen molar-refractivity contribution in [3.05, 3.63) is 33.7 Å². The fourth-order valence-electron chi connectivity index (χ4n) is 0.424. The summed E-state index contributed by atoms with van der Waals surface area (Å²) >= 11 is 11.1. The summed E-state index contributed by atoms with van der Waals surface area (Å²) in [6.45, 7) is 0. The lowest BCUT2D eigenvalue weighted by molar-refractivity contribution is 1.48. The summed E-state index contributed by atoms with van der Waals surface area (Å²) < 4.78 is 21.9. The summed E-state index contributed by atoms with van der Waals surface area (Å²) in [5.74, 6) is 0. The molecule has 0 atom stereocenters. The number of nitriles is 1. The van der Waals surface area contributed by atoms with E-state index in [9.17, 15) is 0 Å². The minimum absolute atomic E-state index is 0.154. The Kier molecular flexibility index (Phi) is 1.23. The van der Waals surface area contributed by atoms with Crippen LogP contribution < -0.4 is 0 Å². The van der Waals surface area contributed by atoms with Gasteiger partial charge in [-0.25, -0.2) is 0 Å². The number of nitrogens with zero attached hydrogens (tertiary/aromatic N) is 1. The van der Waals surface area contributed by atoms with Gasteiger partial charge in [-0.1, -0.05) is 23.2 Å². The van der Waals surface area contributed by atoms with Crippen LogP contribution in [0.3, 0.4) is 0 Å². The van der Waals surface area contributed by atoms with Crippen molar-refractivity contribution in [1.82, 2.24) is 0 Å². The van der Waals surface area contributed by atoms with Gasteiger partial charge in [0.1, 0.15) is 0 Å². The quantitative estimate of drug-likeness (QED) is 0.594. The van der Waals surface area contributed by atoms with Gasteiger partial charge in [0.05, 0.1) is 25.8 Å². The van der Waals surface area contributed by atoms with Crippen LogP contribution >= 0.6 is 23.2 Å². The molecule has 3 heteroatoms. The van der Waals surface area contributed by atoms with Gasteiger partial charge in [0.15, 0.2) is 0 Å². The van der Waals surface area contributed by atoms with E-state index in [0.29, 0.717) is 0 Å². The lowest BCUT2D eigenvalue weighted by Crippen LogP contribution is -1.73. The van der Waals surface area contributed by atoms with E-state index >= 15 is 0 Å². The van der Waals surface area contributed by atoms with Crippen LogP contribution in [-0.2, 0) is 0 Å². The molecular weight excluding hydrogens is 169 g/mol. The molecule has 0 spiro atoms. The molecule has 1 nitrogen and oxygen atoms in total. The molecule has 0 aliphatic heterocycles. The average Bonchev–Trinajstić information content (AvgIpc) is 2.13. The van der Waals surface area contributed by atoms with E-state index < -0.39 is 0 Å². The van der Waals surface area contributed by atoms with Crippen molar-refractivity contribution in [3.8, 4) is 6.07 Å². The van der Waals surface area contributed by atoms with E-state index in [1.165, 1.54) is 0 Å². The van der Waals surface area contributed by atoms with Gasteiger partial charge in [-0.2, -0.15) is 5.26 Å². The molecule has 0 aliphatic rings. The first-order chi connectivity index (χ1) is 6.00. The molecule has 0 saturated carbocycles. The second-order valence-electron chi connectivity index (χ2n) is 1.49. The number of hydrogen-bond acceptors (Lipinski definition) is 1. The van der Waals surface area contributed by atoms with Crippen molar-refractivity contribution in [2.24, 2.45) is 0 Å². The number of hydrogen-bond donors (Lipinski definition) is 0. The first kappa shape index (κ1) is 4.23. The van der Waals surface area contributed by atoms with Gasteiger partial charge in [-0.3, -0.25) is 0 Å². The molecule has 1 aromatic rings. The molecule has 0 saturated heterocycles. The Morgan fingerprint density at radius 1 is 1.40 bits per heavy atom. The maximum absolute atomic E-state index is 8.56. The van der Waals surface area contributed by atoms with Gasteiger partial charge >= 0.3 is 0 Å². The van der Waals surface area contributed by atoms with Crippen molar-refractivity contribution >= 4 is 23.2 Å². The Labute approximate surface area is 73.0 Å². The SMILES string of the molecule is [2H]c1c([2H])c(C#N)c([2H])c(Cl)c1Cl. The Balaban J connectivity index is 3.69. The second kappa shape index (κ2) is 2.92. The summed E-state index contributed by atoms with van der Waals surface area (Å²) in [4.78, 5) is 0. The molecule has 0 fully saturated rings. The van der Waals surface area contributed by atoms with Crippen LogP contribution in [0.1, 0.15) is 9.68 Å². The standard InChI is InChI=1S/C7H3Cl2N/c8-6-2-1-5(4-10)3-7(6)9/h1-3H/i1D,2D,3D. The van der Waals surface area contributed by atoms with Gasteiger partial charge in [0.2, 0.25) is 0 Å². The highest BCUT2D eigenvalue weighted by molar-refractivity contribution is 6.42. The summed E-state index contributed by atoms with van der Waals surface area (Å²) in [5.41, 5.74) is -0.223. The fourth-order valence-corrected chi connectivity index (χ4v) is 0.660. The summed E-state index contributed by atoms with van der Waals surface area (Å²) in [6.07, 6.45) is 0. The third kappa shape index (κ3) is 1.41. The topological polar surface area (TPSA) is 23.8 Å². The number of benzene rings is 1. The van der Waals surface area contributed by atoms with E-state index in [1.807, 2.05) is 0 Å². The largest absolute Gasteiger partial charge is 0.192 e. The van der Waals surface area contributed by atoms with Crippen molar-refractivity contribution in [3.63, 3.8) is 0 Å². The Morgan fingerprint density at radius 2 is 2.10 bits per heavy atom. The van der Waals surface area contributed by atoms with Gasteiger partial charge in [-0.15, -0.1) is 0 Å². The van der Waals surface area contributed by atoms with Crippen molar-refractivity contribution < 1.29 is 4.11 Å². The molecule has 0 radical (unpaired) electrons. The van der Waals surface area contributed by atoms with Crippen LogP contribution in [0, 0.1) is 11.3 Å². The Bertz CT molecular complexity index is 382. The van der Waals surface area contributed by atoms with Crippen LogP contribution in [0.15, 0.2) is 18.1 Å². The number of halogens is 2. The zero-order valence-electron chi connectivity index (χ0n) is 7.70. The van der Waals surface area contributed by atoms with Gasteiger partial charge in [0.25, 0.3) is 0 Å². The van der Waals surface area contributed by atoms with Crippen LogP contribution in [0.25, 0.3) is 0 Å². The van der Waals surface area contributed by atoms with Crippen LogP contribution in [0.4, 0.5) is 0 Å². The lowest BCUT2D eigenvalue weighted by Gasteiger charge is -1.92. The minimum atomic E-state index is -0.359. The van der Waals surface area contributed by atoms with E-state index in [2.05, 4.69) is 0 Å². The summed E-state index contributed by atoms with van der Waals surface area (Å²) in [6, 6.07) is 0.659. The van der Waals surface area contributed by atoms with E-state index in [4.69, 9.17) is 32.6 Å². The molecule has 0 bridgehead atoms. The van der Waals surface area contributed by atoms with Gasteiger partial charge in [0, 0.05) is 0 Å². The maximum Gasteiger partial charge on any atom is 0.0992 e. The molecule has 50 valence electrons. The first-order valence-corrected chi connectivity index (χ1v) is 3.11. The Morgan fingerprint density at radius 3 is 2.70 bits per heavy atom.